The third kappa shape index (κ3) is 6.17. The first-order valence-electron chi connectivity index (χ1n) is 11.7. The first kappa shape index (κ1) is 25.1. The number of hydrogen-bond donors (Lipinski definition) is 0. The summed E-state index contributed by atoms with van der Waals surface area (Å²) >= 11 is 0. The molecular weight excluding hydrogens is 459 g/mol. The largest absolute Gasteiger partial charge is 0.465 e. The molecule has 0 radical (unpaired) electrons. The molecule has 0 aromatic heterocycles. The lowest BCUT2D eigenvalue weighted by atomic mass is 9.91. The molecule has 1 amide bonds. The molecule has 8 heteroatoms. The number of nitrogens with zero attached hydrogens (tertiary/aromatic N) is 1. The monoisotopic (exact) mass is 489 g/mol. The molecule has 1 atom stereocenters. The van der Waals surface area contributed by atoms with Crippen molar-refractivity contribution in [3.05, 3.63) is 83.2 Å². The number of hydrogen-bond acceptors (Lipinski definition) is 4. The summed E-state index contributed by atoms with van der Waals surface area (Å²) in [5.74, 6) is 0.582. The highest BCUT2D eigenvalue weighted by atomic mass is 19.4. The van der Waals surface area contributed by atoms with Gasteiger partial charge in [-0.3, -0.25) is 4.79 Å². The molecule has 188 valence electrons. The van der Waals surface area contributed by atoms with Gasteiger partial charge in [-0.25, -0.2) is 0 Å². The molecule has 1 unspecified atom stereocenters. The van der Waals surface area contributed by atoms with Gasteiger partial charge in [-0.1, -0.05) is 57.2 Å². The van der Waals surface area contributed by atoms with Gasteiger partial charge in [-0.15, -0.1) is 0 Å². The van der Waals surface area contributed by atoms with Crippen LogP contribution in [0, 0.1) is 5.41 Å². The summed E-state index contributed by atoms with van der Waals surface area (Å²) in [7, 11) is 0. The van der Waals surface area contributed by atoms with Gasteiger partial charge in [0.15, 0.2) is 11.5 Å². The lowest BCUT2D eigenvalue weighted by molar-refractivity contribution is -0.153. The van der Waals surface area contributed by atoms with E-state index in [1.807, 2.05) is 39.0 Å². The fraction of sp³-hybridized carbons (Fsp3) is 0.444. The Balaban J connectivity index is 1.56. The molecule has 0 N–H and O–H groups in total. The van der Waals surface area contributed by atoms with Crippen molar-refractivity contribution in [2.45, 2.75) is 58.4 Å². The highest BCUT2D eigenvalue weighted by Gasteiger charge is 2.41. The second-order valence-corrected chi connectivity index (χ2v) is 10.2. The Bertz CT molecular complexity index is 1070. The number of carbonyl (C=O) groups excluding carboxylic acids is 1. The van der Waals surface area contributed by atoms with E-state index in [2.05, 4.69) is 0 Å². The van der Waals surface area contributed by atoms with Crippen molar-refractivity contribution in [1.82, 2.24) is 4.90 Å². The molecule has 0 bridgehead atoms. The van der Waals surface area contributed by atoms with Crippen LogP contribution in [0.25, 0.3) is 0 Å². The summed E-state index contributed by atoms with van der Waals surface area (Å²) in [5, 5.41) is 0. The number of ether oxygens (including phenoxy) is 3. The van der Waals surface area contributed by atoms with Crippen molar-refractivity contribution < 1.29 is 32.2 Å². The summed E-state index contributed by atoms with van der Waals surface area (Å²) in [5.41, 5.74) is -0.122. The molecule has 35 heavy (non-hydrogen) atoms. The highest BCUT2D eigenvalue weighted by Crippen LogP contribution is 2.41. The number of likely N-dealkylation sites (tertiary alicyclic amines) is 1. The van der Waals surface area contributed by atoms with Crippen LogP contribution in [0.3, 0.4) is 0 Å². The maximum Gasteiger partial charge on any atom is 0.416 e. The summed E-state index contributed by atoms with van der Waals surface area (Å²) in [6, 6.07) is 5.30. The number of allylic oxidation sites excluding steroid dienone is 4. The Kier molecular flexibility index (Phi) is 7.12. The van der Waals surface area contributed by atoms with Crippen LogP contribution in [0.5, 0.6) is 0 Å². The van der Waals surface area contributed by atoms with E-state index < -0.39 is 23.9 Å². The lowest BCUT2D eigenvalue weighted by Crippen LogP contribution is -2.55. The molecule has 1 aromatic rings. The number of rotatable bonds is 6. The molecule has 1 saturated heterocycles. The van der Waals surface area contributed by atoms with Gasteiger partial charge in [0, 0.05) is 25.1 Å². The molecule has 1 fully saturated rings. The molecule has 4 rings (SSSR count). The van der Waals surface area contributed by atoms with Gasteiger partial charge >= 0.3 is 6.18 Å². The quantitative estimate of drug-likeness (QED) is 0.463. The van der Waals surface area contributed by atoms with Crippen LogP contribution in [0.2, 0.25) is 0 Å². The molecule has 2 heterocycles. The molecular formula is C27H30F3NO4. The fourth-order valence-corrected chi connectivity index (χ4v) is 4.17. The van der Waals surface area contributed by atoms with E-state index in [1.165, 1.54) is 30.7 Å². The van der Waals surface area contributed by atoms with Gasteiger partial charge in [-0.2, -0.15) is 13.2 Å². The Morgan fingerprint density at radius 1 is 1.17 bits per heavy atom. The maximum absolute atomic E-state index is 13.9. The van der Waals surface area contributed by atoms with E-state index in [0.29, 0.717) is 25.3 Å². The zero-order valence-corrected chi connectivity index (χ0v) is 20.1. The summed E-state index contributed by atoms with van der Waals surface area (Å²) in [6.07, 6.45) is 4.36. The first-order chi connectivity index (χ1) is 16.5. The van der Waals surface area contributed by atoms with Crippen LogP contribution >= 0.6 is 0 Å². The zero-order valence-electron chi connectivity index (χ0n) is 20.1. The van der Waals surface area contributed by atoms with Crippen molar-refractivity contribution in [2.75, 3.05) is 13.1 Å². The number of amides is 1. The summed E-state index contributed by atoms with van der Waals surface area (Å²) < 4.78 is 59.3. The Hall–Kier alpha value is -3.00. The van der Waals surface area contributed by atoms with Crippen LogP contribution in [0.1, 0.15) is 57.3 Å². The van der Waals surface area contributed by atoms with Crippen LogP contribution in [0.15, 0.2) is 72.1 Å². The summed E-state index contributed by atoms with van der Waals surface area (Å²) in [4.78, 5) is 14.2. The minimum Gasteiger partial charge on any atom is -0.465 e. The Labute approximate surface area is 203 Å². The van der Waals surface area contributed by atoms with Crippen LogP contribution < -0.4 is 0 Å². The number of alkyl halides is 3. The van der Waals surface area contributed by atoms with E-state index in [-0.39, 0.29) is 22.6 Å². The number of carbonyl (C=O) groups is 1. The molecule has 3 aliphatic rings. The van der Waals surface area contributed by atoms with E-state index in [9.17, 15) is 18.0 Å². The molecule has 1 aliphatic carbocycles. The van der Waals surface area contributed by atoms with Crippen molar-refractivity contribution in [3.63, 3.8) is 0 Å². The average Bonchev–Trinajstić information content (AvgIpc) is 2.77. The first-order valence-corrected chi connectivity index (χ1v) is 11.7. The fourth-order valence-electron chi connectivity index (χ4n) is 4.17. The average molecular weight is 490 g/mol. The third-order valence-electron chi connectivity index (χ3n) is 5.94. The van der Waals surface area contributed by atoms with Crippen molar-refractivity contribution in [2.24, 2.45) is 5.41 Å². The predicted octanol–water partition coefficient (Wildman–Crippen LogP) is 6.42. The molecule has 0 spiro atoms. The van der Waals surface area contributed by atoms with Crippen molar-refractivity contribution in [1.29, 1.82) is 0 Å². The van der Waals surface area contributed by atoms with Gasteiger partial charge in [0.1, 0.15) is 18.6 Å². The predicted molar refractivity (Wildman–Crippen MR) is 125 cm³/mol. The second-order valence-electron chi connectivity index (χ2n) is 10.2. The van der Waals surface area contributed by atoms with Crippen LogP contribution in [0.4, 0.5) is 13.2 Å². The third-order valence-corrected chi connectivity index (χ3v) is 5.94. The van der Waals surface area contributed by atoms with Gasteiger partial charge in [0.05, 0.1) is 11.7 Å². The van der Waals surface area contributed by atoms with E-state index in [1.54, 1.807) is 4.90 Å². The number of benzene rings is 1. The normalized spacial score (nSPS) is 19.6. The van der Waals surface area contributed by atoms with Gasteiger partial charge in [0.25, 0.3) is 0 Å². The molecule has 1 aromatic carbocycles. The van der Waals surface area contributed by atoms with Gasteiger partial charge in [-0.05, 0) is 29.9 Å². The Morgan fingerprint density at radius 2 is 1.91 bits per heavy atom. The number of halogens is 3. The summed E-state index contributed by atoms with van der Waals surface area (Å²) in [6.45, 7) is 6.58. The van der Waals surface area contributed by atoms with Crippen molar-refractivity contribution in [3.8, 4) is 0 Å². The zero-order chi connectivity index (χ0) is 25.2. The van der Waals surface area contributed by atoms with Crippen LogP contribution in [-0.4, -0.2) is 30.0 Å². The highest BCUT2D eigenvalue weighted by molar-refractivity contribution is 5.77. The second kappa shape index (κ2) is 9.93. The Morgan fingerprint density at radius 3 is 2.57 bits per heavy atom. The van der Waals surface area contributed by atoms with Crippen molar-refractivity contribution >= 4 is 5.91 Å². The maximum atomic E-state index is 13.9. The van der Waals surface area contributed by atoms with E-state index in [4.69, 9.17) is 14.2 Å². The van der Waals surface area contributed by atoms with E-state index >= 15 is 0 Å². The SMILES string of the molecule is CC(C)(C)CC(=O)N1CC(OC(C2=COC=C(C3=CC=CCC3)O2)c2ccccc2C(F)(F)F)C1. The molecule has 2 aliphatic heterocycles. The van der Waals surface area contributed by atoms with Gasteiger partial charge in [0.2, 0.25) is 5.91 Å². The topological polar surface area (TPSA) is 48.0 Å². The minimum absolute atomic E-state index is 0.00330. The van der Waals surface area contributed by atoms with E-state index in [0.717, 1.165) is 24.5 Å². The molecule has 0 saturated carbocycles. The molecule has 5 nitrogen and oxygen atoms in total. The lowest BCUT2D eigenvalue weighted by Gasteiger charge is -2.42. The van der Waals surface area contributed by atoms with Crippen LogP contribution in [-0.2, 0) is 25.2 Å². The standard InChI is InChI=1S/C27H30F3NO4/c1-26(2,3)13-24(32)31-14-19(15-31)34-25(20-11-7-8-12-21(20)27(28,29)30)23-17-33-16-22(35-23)18-9-5-4-6-10-18/h4-5,7-9,11-12,16-17,19,25H,6,10,13-15H2,1-3H3. The smallest absolute Gasteiger partial charge is 0.416 e. The van der Waals surface area contributed by atoms with Gasteiger partial charge < -0.3 is 19.1 Å². The minimum atomic E-state index is -4.57.